The van der Waals surface area contributed by atoms with Crippen molar-refractivity contribution in [2.45, 2.75) is 49.8 Å². The van der Waals surface area contributed by atoms with Crippen molar-refractivity contribution in [3.05, 3.63) is 65.5 Å². The molecule has 0 unspecified atom stereocenters. The summed E-state index contributed by atoms with van der Waals surface area (Å²) < 4.78 is 66.4. The molecule has 2 N–H and O–H groups in total. The number of nitrogens with zero attached hydrogens (tertiary/aromatic N) is 2. The van der Waals surface area contributed by atoms with E-state index in [0.717, 1.165) is 58.2 Å². The van der Waals surface area contributed by atoms with Gasteiger partial charge in [-0.25, -0.2) is 9.98 Å². The summed E-state index contributed by atoms with van der Waals surface area (Å²) in [5, 5.41) is 0.330. The predicted molar refractivity (Wildman–Crippen MR) is 140 cm³/mol. The highest BCUT2D eigenvalue weighted by Crippen LogP contribution is 2.31. The molecule has 0 amide bonds. The number of aromatic nitrogens is 1. The van der Waals surface area contributed by atoms with Crippen LogP contribution in [0.1, 0.15) is 39.2 Å². The summed E-state index contributed by atoms with van der Waals surface area (Å²) in [4.78, 5) is 8.69. The Balaban J connectivity index is 1.75. The van der Waals surface area contributed by atoms with Crippen molar-refractivity contribution in [3.8, 4) is 10.6 Å². The average Bonchev–Trinajstić information content (AvgIpc) is 2.75. The average molecular weight is 547 g/mol. The van der Waals surface area contributed by atoms with Gasteiger partial charge in [0.1, 0.15) is 4.90 Å². The molecule has 0 bridgehead atoms. The smallest absolute Gasteiger partial charge is 0.282 e. The minimum Gasteiger partial charge on any atom is -0.282 e. The van der Waals surface area contributed by atoms with Gasteiger partial charge < -0.3 is 0 Å². The minimum atomic E-state index is -4.69. The Morgan fingerprint density at radius 1 is 0.917 bits per heavy atom. The lowest BCUT2D eigenvalue weighted by Gasteiger charge is -2.17. The van der Waals surface area contributed by atoms with E-state index in [-0.39, 0.29) is 5.69 Å². The first-order valence-electron chi connectivity index (χ1n) is 11.2. The van der Waals surface area contributed by atoms with Gasteiger partial charge in [0.2, 0.25) is 0 Å². The van der Waals surface area contributed by atoms with Crippen molar-refractivity contribution in [1.82, 2.24) is 4.98 Å². The zero-order valence-corrected chi connectivity index (χ0v) is 22.4. The Bertz CT molecular complexity index is 1700. The second-order valence-corrected chi connectivity index (χ2v) is 13.7. The van der Waals surface area contributed by atoms with Crippen LogP contribution in [0.25, 0.3) is 20.8 Å². The first-order valence-corrected chi connectivity index (χ1v) is 14.9. The van der Waals surface area contributed by atoms with Crippen LogP contribution >= 0.6 is 11.3 Å². The zero-order chi connectivity index (χ0) is 26.3. The molecule has 4 rings (SSSR count). The molecule has 0 saturated carbocycles. The maximum Gasteiger partial charge on any atom is 0.296 e. The fraction of sp³-hybridized carbons (Fsp3) is 0.280. The third-order valence-electron chi connectivity index (χ3n) is 5.58. The zero-order valence-electron chi connectivity index (χ0n) is 20.0. The quantitative estimate of drug-likeness (QED) is 0.241. The predicted octanol–water partition coefficient (Wildman–Crippen LogP) is 5.50. The Kier molecular flexibility index (Phi) is 7.06. The van der Waals surface area contributed by atoms with Crippen molar-refractivity contribution >= 4 is 47.5 Å². The van der Waals surface area contributed by atoms with Crippen LogP contribution in [-0.4, -0.2) is 30.9 Å². The molecule has 36 heavy (non-hydrogen) atoms. The van der Waals surface area contributed by atoms with E-state index in [1.54, 1.807) is 18.2 Å². The van der Waals surface area contributed by atoms with Crippen molar-refractivity contribution in [3.63, 3.8) is 0 Å². The number of rotatable bonds is 6. The largest absolute Gasteiger partial charge is 0.296 e. The summed E-state index contributed by atoms with van der Waals surface area (Å²) in [7, 11) is -9.29. The Morgan fingerprint density at radius 3 is 2.33 bits per heavy atom. The van der Waals surface area contributed by atoms with Crippen molar-refractivity contribution < 1.29 is 25.9 Å². The van der Waals surface area contributed by atoms with Crippen LogP contribution < -0.4 is 5.36 Å². The van der Waals surface area contributed by atoms with E-state index in [2.05, 4.69) is 37.9 Å². The highest BCUT2D eigenvalue weighted by molar-refractivity contribution is 7.86. The van der Waals surface area contributed by atoms with Crippen LogP contribution in [0.2, 0.25) is 0 Å². The monoisotopic (exact) mass is 546 g/mol. The first-order chi connectivity index (χ1) is 16.7. The number of benzene rings is 3. The summed E-state index contributed by atoms with van der Waals surface area (Å²) in [6.07, 6.45) is 3.22. The molecule has 2 aromatic carbocycles. The summed E-state index contributed by atoms with van der Waals surface area (Å²) in [6.45, 7) is 6.70. The van der Waals surface area contributed by atoms with E-state index in [0.29, 0.717) is 10.8 Å². The fourth-order valence-corrected chi connectivity index (χ4v) is 5.90. The summed E-state index contributed by atoms with van der Waals surface area (Å²) in [6, 6.07) is 14.0. The molecule has 0 atom stereocenters. The van der Waals surface area contributed by atoms with Gasteiger partial charge in [0.15, 0.2) is 0 Å². The highest BCUT2D eigenvalue weighted by Gasteiger charge is 2.19. The van der Waals surface area contributed by atoms with E-state index >= 15 is 0 Å². The Labute approximate surface area is 214 Å². The van der Waals surface area contributed by atoms with Gasteiger partial charge in [-0.15, -0.1) is 11.3 Å². The van der Waals surface area contributed by atoms with Crippen LogP contribution in [0.4, 0.5) is 5.69 Å². The number of hydrogen-bond acceptors (Lipinski definition) is 7. The molecule has 0 aromatic heterocycles. The van der Waals surface area contributed by atoms with Crippen LogP contribution in [0.15, 0.2) is 69.4 Å². The maximum absolute atomic E-state index is 11.8. The van der Waals surface area contributed by atoms with Crippen LogP contribution in [0, 0.1) is 5.41 Å². The van der Waals surface area contributed by atoms with E-state index in [1.165, 1.54) is 16.9 Å². The van der Waals surface area contributed by atoms with E-state index in [4.69, 9.17) is 4.98 Å². The Morgan fingerprint density at radius 2 is 1.67 bits per heavy atom. The van der Waals surface area contributed by atoms with Crippen molar-refractivity contribution in [1.29, 1.82) is 0 Å². The normalized spacial score (nSPS) is 13.5. The molecule has 0 fully saturated rings. The van der Waals surface area contributed by atoms with Gasteiger partial charge in [0, 0.05) is 0 Å². The molecule has 0 spiro atoms. The van der Waals surface area contributed by atoms with E-state index in [1.807, 2.05) is 6.07 Å². The standard InChI is InChI=1S/C25H26N2O6S3/c1-25(2,3)12-4-5-16-6-10-22-20(13-16)27-19-9-7-17(14-23(19)34-22)26-21-15-18(35(28,29)30)8-11-24(21)36(31,32)33/h6-11,13-15H,4-5,12H2,1-3H3,(H,28,29,30)(H,31,32,33)/b26-17-. The molecular weight excluding hydrogens is 520 g/mol. The molecule has 2 aromatic rings. The van der Waals surface area contributed by atoms with Gasteiger partial charge in [-0.2, -0.15) is 16.8 Å². The van der Waals surface area contributed by atoms with Gasteiger partial charge in [0.05, 0.1) is 36.7 Å². The molecule has 8 nitrogen and oxygen atoms in total. The number of hydrogen-bond donors (Lipinski definition) is 2. The lowest BCUT2D eigenvalue weighted by Crippen LogP contribution is -2.05. The van der Waals surface area contributed by atoms with Crippen molar-refractivity contribution in [2.24, 2.45) is 10.4 Å². The summed E-state index contributed by atoms with van der Waals surface area (Å²) in [5.41, 5.74) is 2.84. The number of aryl methyl sites for hydroxylation is 1. The second kappa shape index (κ2) is 9.64. The molecule has 190 valence electrons. The third-order valence-corrected chi connectivity index (χ3v) is 8.44. The maximum atomic E-state index is 11.8. The minimum absolute atomic E-state index is 0.298. The summed E-state index contributed by atoms with van der Waals surface area (Å²) in [5.74, 6) is 0. The SMILES string of the molecule is CC(C)(C)CCCc1ccc2sc3c/c(=N\c4cc(S(=O)(=O)O)ccc4S(=O)(=O)O)ccc-3nc2c1. The fourth-order valence-electron chi connectivity index (χ4n) is 3.81. The first kappa shape index (κ1) is 26.4. The third kappa shape index (κ3) is 6.34. The molecule has 11 heteroatoms. The van der Waals surface area contributed by atoms with Crippen molar-refractivity contribution in [2.75, 3.05) is 0 Å². The molecule has 0 radical (unpaired) electrons. The van der Waals surface area contributed by atoms with Gasteiger partial charge in [-0.3, -0.25) is 9.11 Å². The molecule has 1 aliphatic carbocycles. The van der Waals surface area contributed by atoms with E-state index < -0.39 is 30.0 Å². The lowest BCUT2D eigenvalue weighted by molar-refractivity contribution is 0.365. The van der Waals surface area contributed by atoms with E-state index in [9.17, 15) is 25.9 Å². The lowest BCUT2D eigenvalue weighted by atomic mass is 9.89. The topological polar surface area (TPSA) is 134 Å². The Hall–Kier alpha value is -2.70. The van der Waals surface area contributed by atoms with Gasteiger partial charge in [-0.05, 0) is 78.8 Å². The highest BCUT2D eigenvalue weighted by atomic mass is 32.2. The molecular formula is C25H26N2O6S3. The van der Waals surface area contributed by atoms with Crippen LogP contribution in [-0.2, 0) is 26.7 Å². The number of fused-ring (bicyclic) bond motifs is 2. The molecule has 1 aliphatic heterocycles. The van der Waals surface area contributed by atoms with Crippen LogP contribution in [0.3, 0.4) is 0 Å². The molecule has 0 saturated heterocycles. The van der Waals surface area contributed by atoms with Crippen LogP contribution in [0.5, 0.6) is 0 Å². The molecule has 2 aliphatic rings. The van der Waals surface area contributed by atoms with Gasteiger partial charge in [0.25, 0.3) is 20.2 Å². The van der Waals surface area contributed by atoms with Gasteiger partial charge in [-0.1, -0.05) is 26.8 Å². The second-order valence-electron chi connectivity index (χ2n) is 9.77. The van der Waals surface area contributed by atoms with Gasteiger partial charge >= 0.3 is 0 Å². The molecule has 1 heterocycles. The summed E-state index contributed by atoms with van der Waals surface area (Å²) >= 11 is 1.50.